The average Bonchev–Trinajstić information content (AvgIpc) is 2.56. The molecule has 0 aromatic heterocycles. The van der Waals surface area contributed by atoms with Crippen molar-refractivity contribution >= 4 is 5.97 Å². The predicted molar refractivity (Wildman–Crippen MR) is 105 cm³/mol. The SMILES string of the molecule is CCCCCCCCC=CC(CCC)CCCCCCCC(=O)O. The van der Waals surface area contributed by atoms with Gasteiger partial charge in [-0.2, -0.15) is 0 Å². The van der Waals surface area contributed by atoms with Gasteiger partial charge in [-0.15, -0.1) is 0 Å². The van der Waals surface area contributed by atoms with E-state index in [-0.39, 0.29) is 0 Å². The van der Waals surface area contributed by atoms with Gasteiger partial charge < -0.3 is 5.11 Å². The average molecular weight is 339 g/mol. The molecule has 24 heavy (non-hydrogen) atoms. The number of hydrogen-bond donors (Lipinski definition) is 1. The second-order valence-electron chi connectivity index (χ2n) is 7.23. The number of unbranched alkanes of at least 4 members (excludes halogenated alkanes) is 10. The molecule has 0 bridgehead atoms. The number of rotatable bonds is 18. The van der Waals surface area contributed by atoms with E-state index in [1.807, 2.05) is 0 Å². The molecule has 1 atom stereocenters. The van der Waals surface area contributed by atoms with Crippen molar-refractivity contribution in [3.63, 3.8) is 0 Å². The normalized spacial score (nSPS) is 12.8. The number of carboxylic acids is 1. The zero-order valence-corrected chi connectivity index (χ0v) is 16.4. The second-order valence-corrected chi connectivity index (χ2v) is 7.23. The molecule has 0 radical (unpaired) electrons. The van der Waals surface area contributed by atoms with Crippen LogP contribution in [-0.2, 0) is 4.79 Å². The molecular weight excluding hydrogens is 296 g/mol. The van der Waals surface area contributed by atoms with Crippen molar-refractivity contribution in [1.82, 2.24) is 0 Å². The third-order valence-electron chi connectivity index (χ3n) is 4.76. The molecule has 0 aromatic rings. The highest BCUT2D eigenvalue weighted by Gasteiger charge is 2.03. The Balaban J connectivity index is 3.61. The van der Waals surface area contributed by atoms with Gasteiger partial charge in [0.25, 0.3) is 0 Å². The summed E-state index contributed by atoms with van der Waals surface area (Å²) in [7, 11) is 0. The summed E-state index contributed by atoms with van der Waals surface area (Å²) in [5, 5.41) is 8.61. The van der Waals surface area contributed by atoms with Crippen LogP contribution in [0.3, 0.4) is 0 Å². The summed E-state index contributed by atoms with van der Waals surface area (Å²) >= 11 is 0. The standard InChI is InChI=1S/C22H42O2/c1-3-5-6-7-8-9-11-14-18-21(17-4-2)19-15-12-10-13-16-20-22(23)24/h14,18,21H,3-13,15-17,19-20H2,1-2H3,(H,23,24). The first kappa shape index (κ1) is 23.2. The molecule has 0 saturated heterocycles. The molecule has 0 saturated carbocycles. The zero-order valence-electron chi connectivity index (χ0n) is 16.4. The Bertz CT molecular complexity index is 296. The molecule has 0 fully saturated rings. The fourth-order valence-corrected chi connectivity index (χ4v) is 3.25. The fourth-order valence-electron chi connectivity index (χ4n) is 3.25. The van der Waals surface area contributed by atoms with Gasteiger partial charge in [0.05, 0.1) is 0 Å². The maximum Gasteiger partial charge on any atom is 0.303 e. The monoisotopic (exact) mass is 338 g/mol. The molecule has 0 rings (SSSR count). The van der Waals surface area contributed by atoms with Gasteiger partial charge in [0.2, 0.25) is 0 Å². The lowest BCUT2D eigenvalue weighted by atomic mass is 9.95. The van der Waals surface area contributed by atoms with E-state index < -0.39 is 5.97 Å². The van der Waals surface area contributed by atoms with E-state index in [0.29, 0.717) is 6.42 Å². The summed E-state index contributed by atoms with van der Waals surface area (Å²) in [5.41, 5.74) is 0. The zero-order chi connectivity index (χ0) is 17.9. The third kappa shape index (κ3) is 17.6. The molecule has 1 unspecified atom stereocenters. The van der Waals surface area contributed by atoms with Crippen molar-refractivity contribution < 1.29 is 9.90 Å². The van der Waals surface area contributed by atoms with Crippen molar-refractivity contribution in [2.24, 2.45) is 5.92 Å². The lowest BCUT2D eigenvalue weighted by Crippen LogP contribution is -1.97. The van der Waals surface area contributed by atoms with Crippen LogP contribution >= 0.6 is 0 Å². The maximum atomic E-state index is 10.5. The van der Waals surface area contributed by atoms with E-state index >= 15 is 0 Å². The highest BCUT2D eigenvalue weighted by atomic mass is 16.4. The quantitative estimate of drug-likeness (QED) is 0.207. The van der Waals surface area contributed by atoms with E-state index in [9.17, 15) is 4.79 Å². The smallest absolute Gasteiger partial charge is 0.303 e. The highest BCUT2D eigenvalue weighted by molar-refractivity contribution is 5.66. The van der Waals surface area contributed by atoms with Crippen LogP contribution in [0.2, 0.25) is 0 Å². The first-order valence-electron chi connectivity index (χ1n) is 10.6. The Morgan fingerprint density at radius 1 is 0.792 bits per heavy atom. The minimum absolute atomic E-state index is 0.333. The molecule has 0 heterocycles. The summed E-state index contributed by atoms with van der Waals surface area (Å²) < 4.78 is 0. The number of carbonyl (C=O) groups is 1. The predicted octanol–water partition coefficient (Wildman–Crippen LogP) is 7.52. The van der Waals surface area contributed by atoms with Gasteiger partial charge in [0.15, 0.2) is 0 Å². The lowest BCUT2D eigenvalue weighted by Gasteiger charge is -2.11. The Kier molecular flexibility index (Phi) is 17.9. The van der Waals surface area contributed by atoms with Crippen LogP contribution in [0.25, 0.3) is 0 Å². The molecule has 0 aliphatic rings. The molecule has 142 valence electrons. The summed E-state index contributed by atoms with van der Waals surface area (Å²) in [6, 6.07) is 0. The van der Waals surface area contributed by atoms with E-state index in [1.54, 1.807) is 0 Å². The Morgan fingerprint density at radius 2 is 1.42 bits per heavy atom. The highest BCUT2D eigenvalue weighted by Crippen LogP contribution is 2.19. The molecule has 0 aromatic carbocycles. The van der Waals surface area contributed by atoms with Crippen LogP contribution in [0.15, 0.2) is 12.2 Å². The van der Waals surface area contributed by atoms with Gasteiger partial charge in [-0.3, -0.25) is 4.79 Å². The van der Waals surface area contributed by atoms with Crippen LogP contribution in [0.1, 0.15) is 117 Å². The van der Waals surface area contributed by atoms with Gasteiger partial charge in [0, 0.05) is 6.42 Å². The van der Waals surface area contributed by atoms with Crippen molar-refractivity contribution in [1.29, 1.82) is 0 Å². The minimum Gasteiger partial charge on any atom is -0.481 e. The minimum atomic E-state index is -0.659. The largest absolute Gasteiger partial charge is 0.481 e. The number of aliphatic carboxylic acids is 1. The van der Waals surface area contributed by atoms with E-state index in [1.165, 1.54) is 83.5 Å². The maximum absolute atomic E-state index is 10.5. The van der Waals surface area contributed by atoms with E-state index in [2.05, 4.69) is 26.0 Å². The van der Waals surface area contributed by atoms with Crippen LogP contribution < -0.4 is 0 Å². The van der Waals surface area contributed by atoms with Crippen molar-refractivity contribution in [2.75, 3.05) is 0 Å². The van der Waals surface area contributed by atoms with Crippen LogP contribution in [0.5, 0.6) is 0 Å². The molecule has 2 heteroatoms. The molecule has 0 spiro atoms. The van der Waals surface area contributed by atoms with Gasteiger partial charge in [-0.25, -0.2) is 0 Å². The Hall–Kier alpha value is -0.790. The molecular formula is C22H42O2. The van der Waals surface area contributed by atoms with Crippen molar-refractivity contribution in [2.45, 2.75) is 117 Å². The Morgan fingerprint density at radius 3 is 2.08 bits per heavy atom. The van der Waals surface area contributed by atoms with Gasteiger partial charge in [-0.1, -0.05) is 90.2 Å². The molecule has 0 aliphatic carbocycles. The molecule has 0 amide bonds. The van der Waals surface area contributed by atoms with Crippen LogP contribution in [0, 0.1) is 5.92 Å². The van der Waals surface area contributed by atoms with Gasteiger partial charge >= 0.3 is 5.97 Å². The number of carboxylic acid groups (broad SMARTS) is 1. The summed E-state index contributed by atoms with van der Waals surface area (Å²) in [4.78, 5) is 10.5. The second kappa shape index (κ2) is 18.5. The molecule has 0 aliphatic heterocycles. The lowest BCUT2D eigenvalue weighted by molar-refractivity contribution is -0.137. The summed E-state index contributed by atoms with van der Waals surface area (Å²) in [5.74, 6) is 0.0996. The topological polar surface area (TPSA) is 37.3 Å². The molecule has 1 N–H and O–H groups in total. The Labute approximate surface area is 151 Å². The van der Waals surface area contributed by atoms with Crippen molar-refractivity contribution in [3.8, 4) is 0 Å². The summed E-state index contributed by atoms with van der Waals surface area (Å²) in [6.07, 6.45) is 24.3. The van der Waals surface area contributed by atoms with Gasteiger partial charge in [-0.05, 0) is 38.0 Å². The van der Waals surface area contributed by atoms with E-state index in [0.717, 1.165) is 18.8 Å². The summed E-state index contributed by atoms with van der Waals surface area (Å²) in [6.45, 7) is 4.55. The van der Waals surface area contributed by atoms with E-state index in [4.69, 9.17) is 5.11 Å². The number of allylic oxidation sites excluding steroid dienone is 2. The van der Waals surface area contributed by atoms with Gasteiger partial charge in [0.1, 0.15) is 0 Å². The third-order valence-corrected chi connectivity index (χ3v) is 4.76. The van der Waals surface area contributed by atoms with Crippen LogP contribution in [0.4, 0.5) is 0 Å². The first-order chi connectivity index (χ1) is 11.7. The number of hydrogen-bond acceptors (Lipinski definition) is 1. The first-order valence-corrected chi connectivity index (χ1v) is 10.6. The van der Waals surface area contributed by atoms with Crippen molar-refractivity contribution in [3.05, 3.63) is 12.2 Å². The fraction of sp³-hybridized carbons (Fsp3) is 0.864. The molecule has 2 nitrogen and oxygen atoms in total. The van der Waals surface area contributed by atoms with Crippen LogP contribution in [-0.4, -0.2) is 11.1 Å².